The van der Waals surface area contributed by atoms with Gasteiger partial charge < -0.3 is 9.47 Å². The first-order valence-corrected chi connectivity index (χ1v) is 4.37. The molecular weight excluding hydrogens is 218 g/mol. The Labute approximate surface area is 92.0 Å². The van der Waals surface area contributed by atoms with Crippen LogP contribution in [0.1, 0.15) is 15.9 Å². The fourth-order valence-corrected chi connectivity index (χ4v) is 1.32. The lowest BCUT2D eigenvalue weighted by molar-refractivity contribution is 0.0600. The smallest absolute Gasteiger partial charge is 0.339 e. The van der Waals surface area contributed by atoms with Crippen molar-refractivity contribution in [2.24, 2.45) is 0 Å². The number of nitrogens with zero attached hydrogens (tertiary/aromatic N) is 1. The minimum atomic E-state index is -0.601. The van der Waals surface area contributed by atoms with Crippen molar-refractivity contribution < 1.29 is 14.3 Å². The molecule has 0 unspecified atom stereocenters. The average Bonchev–Trinajstić information content (AvgIpc) is 2.27. The second-order valence-electron chi connectivity index (χ2n) is 2.64. The van der Waals surface area contributed by atoms with Crippen molar-refractivity contribution in [1.82, 2.24) is 0 Å². The molecule has 5 heteroatoms. The van der Waals surface area contributed by atoms with Gasteiger partial charge in [0.1, 0.15) is 11.8 Å². The van der Waals surface area contributed by atoms with Crippen LogP contribution in [0.3, 0.4) is 0 Å². The third-order valence-corrected chi connectivity index (χ3v) is 2.11. The third-order valence-electron chi connectivity index (χ3n) is 1.82. The first-order valence-electron chi connectivity index (χ1n) is 4.00. The van der Waals surface area contributed by atoms with E-state index in [1.165, 1.54) is 26.4 Å². The topological polar surface area (TPSA) is 59.3 Å². The van der Waals surface area contributed by atoms with Gasteiger partial charge in [-0.05, 0) is 6.07 Å². The monoisotopic (exact) mass is 225 g/mol. The van der Waals surface area contributed by atoms with Crippen molar-refractivity contribution in [2.45, 2.75) is 0 Å². The van der Waals surface area contributed by atoms with Crippen molar-refractivity contribution in [1.29, 1.82) is 5.26 Å². The number of esters is 1. The van der Waals surface area contributed by atoms with Crippen LogP contribution in [0.5, 0.6) is 5.75 Å². The number of benzene rings is 1. The molecule has 0 atom stereocenters. The number of carbonyl (C=O) groups excluding carboxylic acids is 1. The molecule has 0 heterocycles. The summed E-state index contributed by atoms with van der Waals surface area (Å²) in [5, 5.41) is 9.08. The lowest BCUT2D eigenvalue weighted by atomic mass is 10.1. The van der Waals surface area contributed by atoms with Crippen LogP contribution in [0.15, 0.2) is 12.1 Å². The summed E-state index contributed by atoms with van der Waals surface area (Å²) in [6.07, 6.45) is 0. The maximum Gasteiger partial charge on any atom is 0.339 e. The fourth-order valence-electron chi connectivity index (χ4n) is 1.08. The van der Waals surface area contributed by atoms with Gasteiger partial charge in [-0.1, -0.05) is 11.6 Å². The zero-order chi connectivity index (χ0) is 11.4. The minimum absolute atomic E-state index is 0.130. The van der Waals surface area contributed by atoms with Gasteiger partial charge >= 0.3 is 5.97 Å². The van der Waals surface area contributed by atoms with E-state index in [9.17, 15) is 4.79 Å². The Hall–Kier alpha value is -1.73. The molecule has 1 aromatic carbocycles. The van der Waals surface area contributed by atoms with E-state index >= 15 is 0 Å². The van der Waals surface area contributed by atoms with E-state index in [4.69, 9.17) is 21.6 Å². The summed E-state index contributed by atoms with van der Waals surface area (Å²) in [5.74, 6) is -0.253. The molecular formula is C10H8ClNO3. The van der Waals surface area contributed by atoms with Gasteiger partial charge in [0.15, 0.2) is 0 Å². The van der Waals surface area contributed by atoms with Crippen LogP contribution >= 0.6 is 11.6 Å². The molecule has 0 aliphatic carbocycles. The zero-order valence-electron chi connectivity index (χ0n) is 8.20. The molecule has 4 nitrogen and oxygen atoms in total. The molecule has 0 radical (unpaired) electrons. The highest BCUT2D eigenvalue weighted by Gasteiger charge is 2.15. The van der Waals surface area contributed by atoms with E-state index in [2.05, 4.69) is 4.74 Å². The number of hydrogen-bond donors (Lipinski definition) is 0. The van der Waals surface area contributed by atoms with Crippen LogP contribution in [0, 0.1) is 11.3 Å². The SMILES string of the molecule is COC(=O)c1cc(Cl)c(OC)cc1C#N. The van der Waals surface area contributed by atoms with E-state index in [-0.39, 0.29) is 16.1 Å². The number of hydrogen-bond acceptors (Lipinski definition) is 4. The molecule has 1 aromatic rings. The predicted octanol–water partition coefficient (Wildman–Crippen LogP) is 2.01. The number of carbonyl (C=O) groups is 1. The Kier molecular flexibility index (Phi) is 3.53. The van der Waals surface area contributed by atoms with Gasteiger partial charge in [-0.3, -0.25) is 0 Å². The van der Waals surface area contributed by atoms with Crippen LogP contribution in [0.4, 0.5) is 0 Å². The summed E-state index contributed by atoms with van der Waals surface area (Å²) in [5.41, 5.74) is 0.300. The Morgan fingerprint density at radius 2 is 2.13 bits per heavy atom. The molecule has 0 amide bonds. The van der Waals surface area contributed by atoms with Crippen LogP contribution in [-0.2, 0) is 4.74 Å². The minimum Gasteiger partial charge on any atom is -0.495 e. The number of methoxy groups -OCH3 is 2. The number of rotatable bonds is 2. The van der Waals surface area contributed by atoms with Crippen LogP contribution in [0.2, 0.25) is 5.02 Å². The van der Waals surface area contributed by atoms with Crippen LogP contribution < -0.4 is 4.74 Å². The third kappa shape index (κ3) is 2.20. The molecule has 1 rings (SSSR count). The van der Waals surface area contributed by atoms with Crippen molar-refractivity contribution in [3.63, 3.8) is 0 Å². The zero-order valence-corrected chi connectivity index (χ0v) is 8.96. The maximum atomic E-state index is 11.3. The van der Waals surface area contributed by atoms with E-state index in [1.54, 1.807) is 0 Å². The highest BCUT2D eigenvalue weighted by molar-refractivity contribution is 6.32. The van der Waals surface area contributed by atoms with Gasteiger partial charge in [0.2, 0.25) is 0 Å². The highest BCUT2D eigenvalue weighted by Crippen LogP contribution is 2.28. The van der Waals surface area contributed by atoms with Gasteiger partial charge in [-0.2, -0.15) is 5.26 Å². The highest BCUT2D eigenvalue weighted by atomic mass is 35.5. The van der Waals surface area contributed by atoms with Gasteiger partial charge in [0.25, 0.3) is 0 Å². The summed E-state index contributed by atoms with van der Waals surface area (Å²) in [7, 11) is 2.67. The van der Waals surface area contributed by atoms with Gasteiger partial charge in [-0.15, -0.1) is 0 Å². The second-order valence-corrected chi connectivity index (χ2v) is 3.04. The summed E-state index contributed by atoms with van der Waals surface area (Å²) in [4.78, 5) is 11.3. The molecule has 0 saturated heterocycles. The molecule has 0 aromatic heterocycles. The van der Waals surface area contributed by atoms with Crippen molar-refractivity contribution in [3.05, 3.63) is 28.3 Å². The molecule has 0 fully saturated rings. The van der Waals surface area contributed by atoms with E-state index in [1.807, 2.05) is 6.07 Å². The normalized spacial score (nSPS) is 9.20. The summed E-state index contributed by atoms with van der Waals surface area (Å²) in [6.45, 7) is 0. The van der Waals surface area contributed by atoms with Crippen molar-refractivity contribution in [2.75, 3.05) is 14.2 Å². The van der Waals surface area contributed by atoms with Crippen molar-refractivity contribution >= 4 is 17.6 Å². The van der Waals surface area contributed by atoms with E-state index in [0.717, 1.165) is 0 Å². The molecule has 15 heavy (non-hydrogen) atoms. The van der Waals surface area contributed by atoms with Crippen molar-refractivity contribution in [3.8, 4) is 11.8 Å². The summed E-state index contributed by atoms with van der Waals surface area (Å²) >= 11 is 5.82. The largest absolute Gasteiger partial charge is 0.495 e. The van der Waals surface area contributed by atoms with E-state index in [0.29, 0.717) is 5.75 Å². The fraction of sp³-hybridized carbons (Fsp3) is 0.200. The van der Waals surface area contributed by atoms with Gasteiger partial charge in [0, 0.05) is 6.07 Å². The van der Waals surface area contributed by atoms with Gasteiger partial charge in [-0.25, -0.2) is 4.79 Å². The lowest BCUT2D eigenvalue weighted by Crippen LogP contribution is -2.04. The number of halogens is 1. The molecule has 0 N–H and O–H groups in total. The predicted molar refractivity (Wildman–Crippen MR) is 54.1 cm³/mol. The maximum absolute atomic E-state index is 11.3. The van der Waals surface area contributed by atoms with E-state index < -0.39 is 5.97 Å². The van der Waals surface area contributed by atoms with Crippen LogP contribution in [-0.4, -0.2) is 20.2 Å². The molecule has 0 spiro atoms. The Bertz CT molecular complexity index is 437. The quantitative estimate of drug-likeness (QED) is 0.723. The molecule has 0 bridgehead atoms. The number of ether oxygens (including phenoxy) is 2. The Morgan fingerprint density at radius 1 is 1.47 bits per heavy atom. The Balaban J connectivity index is 3.35. The average molecular weight is 226 g/mol. The Morgan fingerprint density at radius 3 is 2.60 bits per heavy atom. The van der Waals surface area contributed by atoms with Crippen LogP contribution in [0.25, 0.3) is 0 Å². The summed E-state index contributed by atoms with van der Waals surface area (Å²) < 4.78 is 9.44. The first-order chi connectivity index (χ1) is 7.13. The molecule has 0 saturated carbocycles. The molecule has 0 aliphatic rings. The molecule has 78 valence electrons. The standard InChI is InChI=1S/C10H8ClNO3/c1-14-9-3-6(5-12)7(4-8(9)11)10(13)15-2/h3-4H,1-2H3. The first kappa shape index (κ1) is 11.3. The summed E-state index contributed by atoms with van der Waals surface area (Å²) in [6, 6.07) is 4.62. The number of nitriles is 1. The van der Waals surface area contributed by atoms with Gasteiger partial charge in [0.05, 0.1) is 30.4 Å². The lowest BCUT2D eigenvalue weighted by Gasteiger charge is -2.06. The second kappa shape index (κ2) is 4.67. The molecule has 0 aliphatic heterocycles.